The topological polar surface area (TPSA) is 145 Å². The number of allylic oxidation sites excluding steroid dienone is 3. The van der Waals surface area contributed by atoms with Crippen molar-refractivity contribution in [3.05, 3.63) is 53.0 Å². The van der Waals surface area contributed by atoms with E-state index in [0.717, 1.165) is 42.0 Å². The number of aromatic nitrogens is 4. The molecule has 0 unspecified atom stereocenters. The minimum Gasteiger partial charge on any atom is -0.402 e. The molecule has 2 rings (SSSR count). The Balaban J connectivity index is 1.70. The largest absolute Gasteiger partial charge is 0.402 e. The molecule has 0 saturated heterocycles. The second-order valence-electron chi connectivity index (χ2n) is 5.79. The van der Waals surface area contributed by atoms with Crippen molar-refractivity contribution in [3.63, 3.8) is 0 Å². The molecule has 0 spiro atoms. The summed E-state index contributed by atoms with van der Waals surface area (Å²) in [4.78, 5) is 19.8. The molecule has 1 amide bonds. The van der Waals surface area contributed by atoms with Gasteiger partial charge in [-0.3, -0.25) is 4.79 Å². The number of anilines is 1. The molecule has 0 atom stereocenters. The minimum absolute atomic E-state index is 0.167. The van der Waals surface area contributed by atoms with Crippen LogP contribution in [-0.2, 0) is 17.6 Å². The van der Waals surface area contributed by atoms with Gasteiger partial charge in [-0.05, 0) is 37.0 Å². The molecular formula is C17H24N8OS. The van der Waals surface area contributed by atoms with E-state index in [1.807, 2.05) is 6.08 Å². The Labute approximate surface area is 162 Å². The first-order chi connectivity index (χ1) is 13.1. The van der Waals surface area contributed by atoms with E-state index < -0.39 is 0 Å². The molecule has 0 aliphatic carbocycles. The van der Waals surface area contributed by atoms with E-state index in [1.165, 1.54) is 17.7 Å². The summed E-state index contributed by atoms with van der Waals surface area (Å²) in [6, 6.07) is 0. The zero-order chi connectivity index (χ0) is 19.5. The first-order valence-corrected chi connectivity index (χ1v) is 9.34. The van der Waals surface area contributed by atoms with E-state index in [2.05, 4.69) is 30.8 Å². The highest BCUT2D eigenvalue weighted by atomic mass is 32.1. The van der Waals surface area contributed by atoms with Crippen LogP contribution in [0.4, 0.5) is 5.13 Å². The van der Waals surface area contributed by atoms with Gasteiger partial charge in [0.1, 0.15) is 11.3 Å². The zero-order valence-corrected chi connectivity index (χ0v) is 16.0. The standard InChI is InChI=1S/C17H24N8OS/c1-20-14(19)7-6-13(18)4-2-3-5-16-24-25-17(27-16)23-15(26)8-12-9-21-11-22-10-12/h6-7,9-11,20H,2-5,8,18-19H2,1H3,(H,23,25,26)/b13-6-,14-7+. The average Bonchev–Trinajstić information content (AvgIpc) is 3.11. The molecule has 0 radical (unpaired) electrons. The van der Waals surface area contributed by atoms with Gasteiger partial charge in [-0.2, -0.15) is 0 Å². The van der Waals surface area contributed by atoms with Crippen molar-refractivity contribution in [2.45, 2.75) is 32.1 Å². The van der Waals surface area contributed by atoms with Crippen LogP contribution in [0.2, 0.25) is 0 Å². The van der Waals surface area contributed by atoms with Gasteiger partial charge in [0.15, 0.2) is 0 Å². The van der Waals surface area contributed by atoms with E-state index in [4.69, 9.17) is 11.5 Å². The Kier molecular flexibility index (Phi) is 8.17. The van der Waals surface area contributed by atoms with Gasteiger partial charge in [-0.1, -0.05) is 11.3 Å². The van der Waals surface area contributed by atoms with Gasteiger partial charge in [0.05, 0.1) is 12.2 Å². The number of nitrogens with two attached hydrogens (primary N) is 2. The summed E-state index contributed by atoms with van der Waals surface area (Å²) in [5, 5.41) is 15.1. The van der Waals surface area contributed by atoms with Gasteiger partial charge >= 0.3 is 0 Å². The molecule has 9 nitrogen and oxygen atoms in total. The molecule has 0 fully saturated rings. The van der Waals surface area contributed by atoms with E-state index in [1.54, 1.807) is 25.5 Å². The van der Waals surface area contributed by atoms with Crippen LogP contribution in [0.1, 0.15) is 29.8 Å². The SMILES string of the molecule is CN/C(N)=C/C=C(\N)CCCCc1nnc(NC(=O)Cc2cncnc2)s1. The summed E-state index contributed by atoms with van der Waals surface area (Å²) in [6.45, 7) is 0. The van der Waals surface area contributed by atoms with Crippen LogP contribution in [0.5, 0.6) is 0 Å². The molecule has 2 aromatic rings. The van der Waals surface area contributed by atoms with Crippen LogP contribution >= 0.6 is 11.3 Å². The highest BCUT2D eigenvalue weighted by Crippen LogP contribution is 2.18. The van der Waals surface area contributed by atoms with E-state index >= 15 is 0 Å². The van der Waals surface area contributed by atoms with Crippen LogP contribution in [0.15, 0.2) is 42.4 Å². The quantitative estimate of drug-likeness (QED) is 0.349. The van der Waals surface area contributed by atoms with Crippen LogP contribution in [0, 0.1) is 0 Å². The lowest BCUT2D eigenvalue weighted by atomic mass is 10.1. The first kappa shape index (κ1) is 20.3. The predicted octanol–water partition coefficient (Wildman–Crippen LogP) is 1.08. The lowest BCUT2D eigenvalue weighted by Crippen LogP contribution is -2.14. The zero-order valence-electron chi connectivity index (χ0n) is 15.2. The number of hydrogen-bond acceptors (Lipinski definition) is 9. The second-order valence-corrected chi connectivity index (χ2v) is 6.86. The van der Waals surface area contributed by atoms with Crippen molar-refractivity contribution in [1.82, 2.24) is 25.5 Å². The second kappa shape index (κ2) is 10.9. The number of amides is 1. The van der Waals surface area contributed by atoms with Gasteiger partial charge < -0.3 is 22.1 Å². The van der Waals surface area contributed by atoms with E-state index in [-0.39, 0.29) is 12.3 Å². The number of unbranched alkanes of at least 4 members (excludes halogenated alkanes) is 1. The number of rotatable bonds is 10. The minimum atomic E-state index is -0.167. The van der Waals surface area contributed by atoms with Gasteiger partial charge in [0.25, 0.3) is 0 Å². The third-order valence-electron chi connectivity index (χ3n) is 3.56. The lowest BCUT2D eigenvalue weighted by molar-refractivity contribution is -0.115. The van der Waals surface area contributed by atoms with Gasteiger partial charge in [-0.15, -0.1) is 10.2 Å². The van der Waals surface area contributed by atoms with Gasteiger partial charge in [0, 0.05) is 31.6 Å². The molecule has 0 aliphatic heterocycles. The smallest absolute Gasteiger partial charge is 0.230 e. The van der Waals surface area contributed by atoms with Crippen LogP contribution < -0.4 is 22.1 Å². The lowest BCUT2D eigenvalue weighted by Gasteiger charge is -2.01. The van der Waals surface area contributed by atoms with Crippen molar-refractivity contribution in [2.24, 2.45) is 11.5 Å². The summed E-state index contributed by atoms with van der Waals surface area (Å²) in [6.07, 6.45) is 11.9. The molecule has 2 heterocycles. The van der Waals surface area contributed by atoms with Crippen molar-refractivity contribution in [1.29, 1.82) is 0 Å². The van der Waals surface area contributed by atoms with Crippen LogP contribution in [0.25, 0.3) is 0 Å². The predicted molar refractivity (Wildman–Crippen MR) is 105 cm³/mol. The normalized spacial score (nSPS) is 12.0. The van der Waals surface area contributed by atoms with Crippen molar-refractivity contribution in [3.8, 4) is 0 Å². The molecule has 27 heavy (non-hydrogen) atoms. The number of nitrogens with zero attached hydrogens (tertiary/aromatic N) is 4. The number of carbonyl (C=O) groups excluding carboxylic acids is 1. The third-order valence-corrected chi connectivity index (χ3v) is 4.46. The Morgan fingerprint density at radius 1 is 1.19 bits per heavy atom. The Hall–Kier alpha value is -3.01. The molecule has 10 heteroatoms. The van der Waals surface area contributed by atoms with Crippen LogP contribution in [0.3, 0.4) is 0 Å². The first-order valence-electron chi connectivity index (χ1n) is 8.52. The van der Waals surface area contributed by atoms with Crippen molar-refractivity contribution < 1.29 is 4.79 Å². The fourth-order valence-electron chi connectivity index (χ4n) is 2.14. The summed E-state index contributed by atoms with van der Waals surface area (Å²) < 4.78 is 0. The Morgan fingerprint density at radius 3 is 2.70 bits per heavy atom. The van der Waals surface area contributed by atoms with E-state index in [9.17, 15) is 4.79 Å². The number of hydrogen-bond donors (Lipinski definition) is 4. The summed E-state index contributed by atoms with van der Waals surface area (Å²) in [5.74, 6) is 0.403. The average molecular weight is 389 g/mol. The monoisotopic (exact) mass is 388 g/mol. The molecule has 0 aliphatic rings. The van der Waals surface area contributed by atoms with Gasteiger partial charge in [0.2, 0.25) is 11.0 Å². The van der Waals surface area contributed by atoms with E-state index in [0.29, 0.717) is 11.0 Å². The summed E-state index contributed by atoms with van der Waals surface area (Å²) in [5.41, 5.74) is 13.1. The fraction of sp³-hybridized carbons (Fsp3) is 0.353. The molecule has 144 valence electrons. The summed E-state index contributed by atoms with van der Waals surface area (Å²) >= 11 is 1.38. The third kappa shape index (κ3) is 7.82. The number of nitrogens with one attached hydrogen (secondary N) is 2. The molecule has 0 bridgehead atoms. The molecule has 6 N–H and O–H groups in total. The highest BCUT2D eigenvalue weighted by Gasteiger charge is 2.09. The Bertz CT molecular complexity index is 787. The van der Waals surface area contributed by atoms with Crippen molar-refractivity contribution >= 4 is 22.4 Å². The number of aryl methyl sites for hydroxylation is 1. The maximum absolute atomic E-state index is 12.0. The van der Waals surface area contributed by atoms with Gasteiger partial charge in [-0.25, -0.2) is 9.97 Å². The highest BCUT2D eigenvalue weighted by molar-refractivity contribution is 7.15. The van der Waals surface area contributed by atoms with Crippen LogP contribution in [-0.4, -0.2) is 33.1 Å². The maximum Gasteiger partial charge on any atom is 0.230 e. The summed E-state index contributed by atoms with van der Waals surface area (Å²) in [7, 11) is 1.75. The molecule has 0 aromatic carbocycles. The number of carbonyl (C=O) groups is 1. The Morgan fingerprint density at radius 2 is 1.96 bits per heavy atom. The molecular weight excluding hydrogens is 364 g/mol. The fourth-order valence-corrected chi connectivity index (χ4v) is 2.94. The van der Waals surface area contributed by atoms with Crippen molar-refractivity contribution in [2.75, 3.05) is 12.4 Å². The maximum atomic E-state index is 12.0. The molecule has 2 aromatic heterocycles. The molecule has 0 saturated carbocycles.